The Morgan fingerprint density at radius 3 is 2.54 bits per heavy atom. The van der Waals surface area contributed by atoms with E-state index in [-0.39, 0.29) is 12.0 Å². The zero-order valence-corrected chi connectivity index (χ0v) is 17.5. The summed E-state index contributed by atoms with van der Waals surface area (Å²) < 4.78 is 32.7. The molecule has 1 aliphatic rings. The van der Waals surface area contributed by atoms with Gasteiger partial charge >= 0.3 is 0 Å². The number of rotatable bonds is 4. The number of benzene rings is 2. The van der Waals surface area contributed by atoms with Crippen molar-refractivity contribution in [1.82, 2.24) is 4.31 Å². The summed E-state index contributed by atoms with van der Waals surface area (Å²) in [5.74, 6) is 0.770. The molecule has 0 N–H and O–H groups in total. The van der Waals surface area contributed by atoms with Gasteiger partial charge in [-0.15, -0.1) is 5.73 Å². The third-order valence-corrected chi connectivity index (χ3v) is 6.62. The Morgan fingerprint density at radius 2 is 1.86 bits per heavy atom. The minimum atomic E-state index is -3.60. The van der Waals surface area contributed by atoms with Crippen LogP contribution < -0.4 is 4.74 Å². The van der Waals surface area contributed by atoms with E-state index in [0.29, 0.717) is 4.90 Å². The van der Waals surface area contributed by atoms with Crippen LogP contribution in [0.2, 0.25) is 0 Å². The Kier molecular flexibility index (Phi) is 5.50. The average Bonchev–Trinajstić information content (AvgIpc) is 2.67. The highest BCUT2D eigenvalue weighted by atomic mass is 32.2. The van der Waals surface area contributed by atoms with Gasteiger partial charge in [0.05, 0.1) is 18.6 Å². The molecule has 0 unspecified atom stereocenters. The minimum Gasteiger partial charge on any atom is -0.497 e. The maximum atomic E-state index is 13.0. The van der Waals surface area contributed by atoms with Crippen molar-refractivity contribution in [2.24, 2.45) is 5.41 Å². The van der Waals surface area contributed by atoms with Crippen LogP contribution in [0.15, 0.2) is 77.0 Å². The molecular weight excluding hydrogens is 370 g/mol. The SMILES string of the molecule is COc1cccc(C=C=C2CN(S(=O)(=O)c3ccc(C)cc3)C=CC2(C)C)c1. The number of hydrogen-bond acceptors (Lipinski definition) is 3. The minimum absolute atomic E-state index is 0.264. The lowest BCUT2D eigenvalue weighted by molar-refractivity contribution is 0.414. The Labute approximate surface area is 167 Å². The van der Waals surface area contributed by atoms with Crippen molar-refractivity contribution in [1.29, 1.82) is 0 Å². The first kappa shape index (κ1) is 20.0. The van der Waals surface area contributed by atoms with Crippen molar-refractivity contribution >= 4 is 16.1 Å². The highest BCUT2D eigenvalue weighted by molar-refractivity contribution is 7.89. The monoisotopic (exact) mass is 395 g/mol. The molecule has 0 saturated heterocycles. The molecule has 0 radical (unpaired) electrons. The third kappa shape index (κ3) is 4.22. The molecule has 0 aliphatic carbocycles. The molecule has 146 valence electrons. The standard InChI is InChI=1S/C23H25NO3S/c1-18-8-12-22(13-9-18)28(25,26)24-15-14-23(2,3)20(17-24)11-10-19-6-5-7-21(16-19)27-4/h5-10,12-16H,17H2,1-4H3. The molecule has 0 aromatic heterocycles. The molecule has 0 fully saturated rings. The van der Waals surface area contributed by atoms with E-state index in [4.69, 9.17) is 4.74 Å². The Morgan fingerprint density at radius 1 is 1.14 bits per heavy atom. The van der Waals surface area contributed by atoms with Crippen LogP contribution in [0.1, 0.15) is 25.0 Å². The molecule has 0 atom stereocenters. The molecule has 3 rings (SSSR count). The number of nitrogens with zero attached hydrogens (tertiary/aromatic N) is 1. The molecule has 2 aromatic carbocycles. The number of ether oxygens (including phenoxy) is 1. The summed E-state index contributed by atoms with van der Waals surface area (Å²) in [5.41, 5.74) is 5.91. The van der Waals surface area contributed by atoms with Crippen LogP contribution in [0.3, 0.4) is 0 Å². The van der Waals surface area contributed by atoms with E-state index in [1.165, 1.54) is 4.31 Å². The smallest absolute Gasteiger partial charge is 0.264 e. The van der Waals surface area contributed by atoms with Gasteiger partial charge in [0.2, 0.25) is 0 Å². The van der Waals surface area contributed by atoms with Gasteiger partial charge < -0.3 is 4.74 Å². The molecule has 2 aromatic rings. The molecule has 1 aliphatic heterocycles. The largest absolute Gasteiger partial charge is 0.497 e. The topological polar surface area (TPSA) is 46.6 Å². The van der Waals surface area contributed by atoms with Crippen molar-refractivity contribution in [3.8, 4) is 5.75 Å². The third-order valence-electron chi connectivity index (χ3n) is 4.88. The van der Waals surface area contributed by atoms with Crippen LogP contribution in [-0.2, 0) is 10.0 Å². The van der Waals surface area contributed by atoms with E-state index >= 15 is 0 Å². The fourth-order valence-electron chi connectivity index (χ4n) is 2.93. The summed E-state index contributed by atoms with van der Waals surface area (Å²) in [5, 5.41) is 0. The van der Waals surface area contributed by atoms with Crippen LogP contribution in [0.4, 0.5) is 0 Å². The van der Waals surface area contributed by atoms with Gasteiger partial charge in [0, 0.05) is 17.2 Å². The van der Waals surface area contributed by atoms with E-state index in [1.807, 2.05) is 55.5 Å². The van der Waals surface area contributed by atoms with Crippen LogP contribution >= 0.6 is 0 Å². The number of allylic oxidation sites excluding steroid dienone is 1. The first-order valence-electron chi connectivity index (χ1n) is 9.10. The van der Waals surface area contributed by atoms with Gasteiger partial charge in [-0.05, 0) is 42.8 Å². The summed E-state index contributed by atoms with van der Waals surface area (Å²) in [6, 6.07) is 14.6. The van der Waals surface area contributed by atoms with E-state index in [0.717, 1.165) is 22.4 Å². The van der Waals surface area contributed by atoms with Gasteiger partial charge in [-0.2, -0.15) is 0 Å². The van der Waals surface area contributed by atoms with Crippen LogP contribution in [0.25, 0.3) is 6.08 Å². The van der Waals surface area contributed by atoms with Gasteiger partial charge in [-0.3, -0.25) is 4.31 Å². The van der Waals surface area contributed by atoms with Gasteiger partial charge in [-0.1, -0.05) is 49.8 Å². The van der Waals surface area contributed by atoms with E-state index in [2.05, 4.69) is 19.6 Å². The summed E-state index contributed by atoms with van der Waals surface area (Å²) in [6.45, 7) is 6.31. The predicted octanol–water partition coefficient (Wildman–Crippen LogP) is 4.79. The van der Waals surface area contributed by atoms with Crippen molar-refractivity contribution in [2.75, 3.05) is 13.7 Å². The van der Waals surface area contributed by atoms with Crippen LogP contribution in [-0.4, -0.2) is 26.4 Å². The maximum absolute atomic E-state index is 13.0. The molecule has 0 saturated carbocycles. The second-order valence-corrected chi connectivity index (χ2v) is 9.34. The van der Waals surface area contributed by atoms with Crippen LogP contribution in [0.5, 0.6) is 5.75 Å². The van der Waals surface area contributed by atoms with E-state index in [9.17, 15) is 8.42 Å². The zero-order valence-electron chi connectivity index (χ0n) is 16.6. The molecule has 4 nitrogen and oxygen atoms in total. The Bertz CT molecular complexity index is 1060. The lowest BCUT2D eigenvalue weighted by Crippen LogP contribution is -2.35. The summed E-state index contributed by atoms with van der Waals surface area (Å²) >= 11 is 0. The number of hydrogen-bond donors (Lipinski definition) is 0. The highest BCUT2D eigenvalue weighted by Crippen LogP contribution is 2.34. The molecule has 0 amide bonds. The lowest BCUT2D eigenvalue weighted by Gasteiger charge is -2.33. The first-order valence-corrected chi connectivity index (χ1v) is 10.5. The van der Waals surface area contributed by atoms with Gasteiger partial charge in [0.1, 0.15) is 5.75 Å². The van der Waals surface area contributed by atoms with Crippen molar-refractivity contribution in [3.05, 3.63) is 83.2 Å². The molecule has 1 heterocycles. The van der Waals surface area contributed by atoms with Crippen LogP contribution in [0, 0.1) is 12.3 Å². The molecule has 0 spiro atoms. The second-order valence-electron chi connectivity index (χ2n) is 7.44. The fraction of sp³-hybridized carbons (Fsp3) is 0.261. The second kappa shape index (κ2) is 7.70. The Balaban J connectivity index is 1.96. The molecule has 5 heteroatoms. The normalized spacial score (nSPS) is 15.9. The molecular formula is C23H25NO3S. The zero-order chi connectivity index (χ0) is 20.4. The number of sulfonamides is 1. The van der Waals surface area contributed by atoms with Crippen molar-refractivity contribution in [3.63, 3.8) is 0 Å². The molecule has 0 bridgehead atoms. The lowest BCUT2D eigenvalue weighted by atomic mass is 9.83. The average molecular weight is 396 g/mol. The van der Waals surface area contributed by atoms with E-state index in [1.54, 1.807) is 25.4 Å². The summed E-state index contributed by atoms with van der Waals surface area (Å²) in [4.78, 5) is 0.290. The highest BCUT2D eigenvalue weighted by Gasteiger charge is 2.31. The van der Waals surface area contributed by atoms with E-state index < -0.39 is 10.0 Å². The quantitative estimate of drug-likeness (QED) is 0.700. The van der Waals surface area contributed by atoms with Gasteiger partial charge in [0.15, 0.2) is 0 Å². The fourth-order valence-corrected chi connectivity index (χ4v) is 4.20. The molecule has 28 heavy (non-hydrogen) atoms. The number of aryl methyl sites for hydroxylation is 1. The summed E-state index contributed by atoms with van der Waals surface area (Å²) in [7, 11) is -1.97. The summed E-state index contributed by atoms with van der Waals surface area (Å²) in [6.07, 6.45) is 5.44. The van der Waals surface area contributed by atoms with Gasteiger partial charge in [0.25, 0.3) is 10.0 Å². The first-order chi connectivity index (χ1) is 13.2. The van der Waals surface area contributed by atoms with Gasteiger partial charge in [-0.25, -0.2) is 8.42 Å². The maximum Gasteiger partial charge on any atom is 0.264 e. The van der Waals surface area contributed by atoms with Crippen molar-refractivity contribution < 1.29 is 13.2 Å². The number of methoxy groups -OCH3 is 1. The predicted molar refractivity (Wildman–Crippen MR) is 112 cm³/mol. The Hall–Kier alpha value is -2.75. The van der Waals surface area contributed by atoms with Crippen molar-refractivity contribution in [2.45, 2.75) is 25.7 Å².